The molecule has 0 spiro atoms. The highest BCUT2D eigenvalue weighted by molar-refractivity contribution is 5.43. The van der Waals surface area contributed by atoms with Crippen molar-refractivity contribution in [3.63, 3.8) is 0 Å². The van der Waals surface area contributed by atoms with E-state index in [-0.39, 0.29) is 17.9 Å². The van der Waals surface area contributed by atoms with Gasteiger partial charge in [0, 0.05) is 0 Å². The monoisotopic (exact) mass is 487 g/mol. The van der Waals surface area contributed by atoms with Crippen LogP contribution in [0.4, 0.5) is 0 Å². The molecule has 7 N–H and O–H groups in total. The summed E-state index contributed by atoms with van der Waals surface area (Å²) < 4.78 is 27.1. The third-order valence-electron chi connectivity index (χ3n) is 5.70. The third kappa shape index (κ3) is 5.58. The first-order valence-electron chi connectivity index (χ1n) is 10.5. The summed E-state index contributed by atoms with van der Waals surface area (Å²) in [6.45, 7) is -1.13. The molecule has 0 bridgehead atoms. The second kappa shape index (κ2) is 11.6. The normalized spacial score (nSPS) is 38.2. The summed E-state index contributed by atoms with van der Waals surface area (Å²) in [5.41, 5.74) is 0.665. The SMILES string of the molecule is COc1cc(CC#N)ccc1OC1OC(COC2OC(CO)C(O)C(O)C2O)C(O)C(O)C1O. The van der Waals surface area contributed by atoms with Crippen LogP contribution >= 0.6 is 0 Å². The Labute approximate surface area is 194 Å². The number of rotatable bonds is 8. The van der Waals surface area contributed by atoms with Gasteiger partial charge in [0.05, 0.1) is 32.8 Å². The highest BCUT2D eigenvalue weighted by Crippen LogP contribution is 2.32. The van der Waals surface area contributed by atoms with E-state index in [1.807, 2.05) is 6.07 Å². The van der Waals surface area contributed by atoms with Crippen molar-refractivity contribution in [3.8, 4) is 17.6 Å². The van der Waals surface area contributed by atoms with Gasteiger partial charge in [0.2, 0.25) is 6.29 Å². The van der Waals surface area contributed by atoms with Gasteiger partial charge in [0.25, 0.3) is 0 Å². The molecule has 1 aromatic carbocycles. The van der Waals surface area contributed by atoms with E-state index in [0.29, 0.717) is 5.56 Å². The molecule has 3 rings (SSSR count). The van der Waals surface area contributed by atoms with E-state index in [2.05, 4.69) is 0 Å². The summed E-state index contributed by atoms with van der Waals surface area (Å²) in [5.74, 6) is 0.392. The van der Waals surface area contributed by atoms with Crippen LogP contribution in [0.3, 0.4) is 0 Å². The van der Waals surface area contributed by atoms with Crippen LogP contribution in [0, 0.1) is 11.3 Å². The molecule has 0 amide bonds. The van der Waals surface area contributed by atoms with Crippen molar-refractivity contribution in [1.82, 2.24) is 0 Å². The number of ether oxygens (including phenoxy) is 5. The van der Waals surface area contributed by atoms with E-state index in [4.69, 9.17) is 28.9 Å². The van der Waals surface area contributed by atoms with Crippen molar-refractivity contribution >= 4 is 0 Å². The summed E-state index contributed by atoms with van der Waals surface area (Å²) in [6.07, 6.45) is -15.1. The molecule has 0 aromatic heterocycles. The van der Waals surface area contributed by atoms with Gasteiger partial charge in [-0.25, -0.2) is 0 Å². The maximum atomic E-state index is 10.3. The number of benzene rings is 1. The van der Waals surface area contributed by atoms with Crippen molar-refractivity contribution in [2.45, 2.75) is 67.8 Å². The van der Waals surface area contributed by atoms with Gasteiger partial charge in [-0.2, -0.15) is 5.26 Å². The molecule has 0 saturated carbocycles. The Hall–Kier alpha value is -2.09. The summed E-state index contributed by atoms with van der Waals surface area (Å²) in [5, 5.41) is 78.9. The van der Waals surface area contributed by atoms with Gasteiger partial charge >= 0.3 is 0 Å². The predicted molar refractivity (Wildman–Crippen MR) is 109 cm³/mol. The van der Waals surface area contributed by atoms with Gasteiger partial charge in [0.15, 0.2) is 17.8 Å². The Morgan fingerprint density at radius 1 is 0.853 bits per heavy atom. The van der Waals surface area contributed by atoms with Crippen LogP contribution in [0.5, 0.6) is 11.5 Å². The lowest BCUT2D eigenvalue weighted by molar-refractivity contribution is -0.323. The summed E-state index contributed by atoms with van der Waals surface area (Å²) in [7, 11) is 1.38. The number of nitrogens with zero attached hydrogens (tertiary/aromatic N) is 1. The fourth-order valence-electron chi connectivity index (χ4n) is 3.68. The Bertz CT molecular complexity index is 848. The molecular weight excluding hydrogens is 458 g/mol. The highest BCUT2D eigenvalue weighted by Gasteiger charge is 2.48. The molecule has 2 fully saturated rings. The molecule has 2 saturated heterocycles. The van der Waals surface area contributed by atoms with Gasteiger partial charge < -0.3 is 59.4 Å². The van der Waals surface area contributed by atoms with Gasteiger partial charge in [-0.15, -0.1) is 0 Å². The Morgan fingerprint density at radius 3 is 2.09 bits per heavy atom. The molecule has 13 nitrogen and oxygen atoms in total. The Kier molecular flexibility index (Phi) is 9.01. The minimum atomic E-state index is -1.69. The first kappa shape index (κ1) is 26.5. The van der Waals surface area contributed by atoms with E-state index in [1.165, 1.54) is 13.2 Å². The average molecular weight is 487 g/mol. The standard InChI is InChI=1S/C21H29NO12/c1-30-11-6-9(4-5-22)2-3-10(11)32-21-19(29)17(27)15(25)13(34-21)8-31-20-18(28)16(26)14(24)12(7-23)33-20/h2-3,6,12-21,23-29H,4,7-8H2,1H3. The number of methoxy groups -OCH3 is 1. The molecular formula is C21H29NO12. The minimum Gasteiger partial charge on any atom is -0.493 e. The molecule has 0 aliphatic carbocycles. The zero-order valence-corrected chi connectivity index (χ0v) is 18.2. The maximum absolute atomic E-state index is 10.3. The van der Waals surface area contributed by atoms with E-state index >= 15 is 0 Å². The average Bonchev–Trinajstić information content (AvgIpc) is 2.84. The summed E-state index contributed by atoms with van der Waals surface area (Å²) in [6, 6.07) is 6.69. The lowest BCUT2D eigenvalue weighted by Crippen LogP contribution is -2.62. The number of aliphatic hydroxyl groups is 7. The van der Waals surface area contributed by atoms with Crippen molar-refractivity contribution in [2.75, 3.05) is 20.3 Å². The van der Waals surface area contributed by atoms with Crippen LogP contribution in [-0.2, 0) is 20.6 Å². The van der Waals surface area contributed by atoms with Crippen LogP contribution in [0.1, 0.15) is 5.56 Å². The molecule has 1 aromatic rings. The third-order valence-corrected chi connectivity index (χ3v) is 5.70. The lowest BCUT2D eigenvalue weighted by Gasteiger charge is -2.42. The van der Waals surface area contributed by atoms with E-state index in [0.717, 1.165) is 0 Å². The van der Waals surface area contributed by atoms with Crippen LogP contribution in [0.15, 0.2) is 18.2 Å². The largest absolute Gasteiger partial charge is 0.493 e. The van der Waals surface area contributed by atoms with Crippen LogP contribution in [0.25, 0.3) is 0 Å². The second-order valence-electron chi connectivity index (χ2n) is 7.98. The molecule has 10 unspecified atom stereocenters. The van der Waals surface area contributed by atoms with Gasteiger partial charge in [-0.1, -0.05) is 6.07 Å². The molecule has 190 valence electrons. The molecule has 0 radical (unpaired) electrons. The Morgan fingerprint density at radius 2 is 1.47 bits per heavy atom. The predicted octanol–water partition coefficient (Wildman–Crippen LogP) is -3.24. The van der Waals surface area contributed by atoms with E-state index in [1.54, 1.807) is 12.1 Å². The van der Waals surface area contributed by atoms with E-state index in [9.17, 15) is 35.7 Å². The van der Waals surface area contributed by atoms with Crippen molar-refractivity contribution in [3.05, 3.63) is 23.8 Å². The summed E-state index contributed by atoms with van der Waals surface area (Å²) >= 11 is 0. The quantitative estimate of drug-likeness (QED) is 0.192. The topological polar surface area (TPSA) is 212 Å². The molecule has 13 heteroatoms. The zero-order valence-electron chi connectivity index (χ0n) is 18.2. The first-order valence-corrected chi connectivity index (χ1v) is 10.5. The van der Waals surface area contributed by atoms with Gasteiger partial charge in [0.1, 0.15) is 48.8 Å². The smallest absolute Gasteiger partial charge is 0.229 e. The molecule has 2 aliphatic rings. The van der Waals surface area contributed by atoms with Crippen LogP contribution < -0.4 is 9.47 Å². The number of nitriles is 1. The first-order chi connectivity index (χ1) is 16.2. The molecule has 2 heterocycles. The maximum Gasteiger partial charge on any atom is 0.229 e. The summed E-state index contributed by atoms with van der Waals surface area (Å²) in [4.78, 5) is 0. The van der Waals surface area contributed by atoms with Crippen molar-refractivity contribution in [2.24, 2.45) is 0 Å². The zero-order chi connectivity index (χ0) is 25.0. The van der Waals surface area contributed by atoms with E-state index < -0.39 is 74.6 Å². The highest BCUT2D eigenvalue weighted by atomic mass is 16.7. The fourth-order valence-corrected chi connectivity index (χ4v) is 3.68. The van der Waals surface area contributed by atoms with Crippen molar-refractivity contribution in [1.29, 1.82) is 5.26 Å². The van der Waals surface area contributed by atoms with Gasteiger partial charge in [-0.3, -0.25) is 0 Å². The molecule has 34 heavy (non-hydrogen) atoms. The number of hydrogen-bond acceptors (Lipinski definition) is 13. The number of hydrogen-bond donors (Lipinski definition) is 7. The Balaban J connectivity index is 1.69. The molecule has 2 aliphatic heterocycles. The van der Waals surface area contributed by atoms with Crippen LogP contribution in [-0.4, -0.2) is 117 Å². The second-order valence-corrected chi connectivity index (χ2v) is 7.98. The van der Waals surface area contributed by atoms with Gasteiger partial charge in [-0.05, 0) is 17.7 Å². The minimum absolute atomic E-state index is 0.140. The lowest BCUT2D eigenvalue weighted by atomic mass is 9.98. The van der Waals surface area contributed by atoms with Crippen molar-refractivity contribution < 1.29 is 59.4 Å². The van der Waals surface area contributed by atoms with Crippen LogP contribution in [0.2, 0.25) is 0 Å². The number of aliphatic hydroxyl groups excluding tert-OH is 7. The fraction of sp³-hybridized carbons (Fsp3) is 0.667. The molecule has 10 atom stereocenters.